The molecule has 0 bridgehead atoms. The Bertz CT molecular complexity index is 252. The molecule has 1 aliphatic rings. The Hall–Kier alpha value is -0.0800. The van der Waals surface area contributed by atoms with Crippen molar-refractivity contribution in [3.8, 4) is 0 Å². The van der Waals surface area contributed by atoms with Crippen LogP contribution in [0.2, 0.25) is 0 Å². The summed E-state index contributed by atoms with van der Waals surface area (Å²) in [5.74, 6) is 0.734. The van der Waals surface area contributed by atoms with E-state index in [2.05, 4.69) is 39.5 Å². The van der Waals surface area contributed by atoms with Crippen LogP contribution in [0.4, 0.5) is 0 Å². The molecule has 0 aromatic heterocycles. The summed E-state index contributed by atoms with van der Waals surface area (Å²) in [4.78, 5) is 2.63. The molecule has 3 atom stereocenters. The third-order valence-corrected chi connectivity index (χ3v) is 5.38. The van der Waals surface area contributed by atoms with Crippen LogP contribution in [0, 0.1) is 11.3 Å². The molecule has 0 aromatic rings. The van der Waals surface area contributed by atoms with E-state index < -0.39 is 0 Å². The zero-order valence-corrected chi connectivity index (χ0v) is 13.8. The Kier molecular flexibility index (Phi) is 6.82. The van der Waals surface area contributed by atoms with Gasteiger partial charge in [-0.25, -0.2) is 0 Å². The first-order valence-electron chi connectivity index (χ1n) is 8.38. The van der Waals surface area contributed by atoms with Crippen LogP contribution in [-0.2, 0) is 0 Å². The molecule has 1 fully saturated rings. The summed E-state index contributed by atoms with van der Waals surface area (Å²) in [6.07, 6.45) is 6.85. The second kappa shape index (κ2) is 7.64. The molecule has 0 amide bonds. The highest BCUT2D eigenvalue weighted by atomic mass is 16.3. The maximum atomic E-state index is 10.1. The van der Waals surface area contributed by atoms with Crippen LogP contribution in [0.1, 0.15) is 73.1 Å². The number of aliphatic hydroxyl groups excluding tert-OH is 1. The molecule has 2 nitrogen and oxygen atoms in total. The Labute approximate surface area is 120 Å². The molecule has 0 heterocycles. The van der Waals surface area contributed by atoms with Crippen molar-refractivity contribution < 1.29 is 5.11 Å². The smallest absolute Gasteiger partial charge is 0.0555 e. The van der Waals surface area contributed by atoms with Crippen LogP contribution in [0.25, 0.3) is 0 Å². The predicted octanol–water partition coefficient (Wildman–Crippen LogP) is 4.07. The van der Waals surface area contributed by atoms with Gasteiger partial charge in [-0.3, -0.25) is 0 Å². The molecule has 1 N–H and O–H groups in total. The average molecular weight is 269 g/mol. The van der Waals surface area contributed by atoms with E-state index in [4.69, 9.17) is 0 Å². The van der Waals surface area contributed by atoms with E-state index in [0.717, 1.165) is 25.3 Å². The first kappa shape index (κ1) is 17.0. The SMILES string of the molecule is CCCCN(CC)C1CC(O)CCC1C(C)(C)CC. The van der Waals surface area contributed by atoms with Crippen molar-refractivity contribution in [2.75, 3.05) is 13.1 Å². The lowest BCUT2D eigenvalue weighted by atomic mass is 9.66. The van der Waals surface area contributed by atoms with Crippen LogP contribution >= 0.6 is 0 Å². The Morgan fingerprint density at radius 2 is 1.84 bits per heavy atom. The van der Waals surface area contributed by atoms with Gasteiger partial charge in [-0.1, -0.05) is 47.5 Å². The Balaban J connectivity index is 2.81. The molecular weight excluding hydrogens is 234 g/mol. The fraction of sp³-hybridized carbons (Fsp3) is 1.00. The van der Waals surface area contributed by atoms with Gasteiger partial charge < -0.3 is 10.0 Å². The van der Waals surface area contributed by atoms with Gasteiger partial charge in [0.1, 0.15) is 0 Å². The molecular formula is C17H35NO. The zero-order chi connectivity index (χ0) is 14.5. The van der Waals surface area contributed by atoms with Gasteiger partial charge in [0.15, 0.2) is 0 Å². The average Bonchev–Trinajstić information content (AvgIpc) is 2.39. The molecule has 0 saturated heterocycles. The van der Waals surface area contributed by atoms with Crippen molar-refractivity contribution >= 4 is 0 Å². The minimum Gasteiger partial charge on any atom is -0.393 e. The third kappa shape index (κ3) is 4.46. The number of hydrogen-bond acceptors (Lipinski definition) is 2. The lowest BCUT2D eigenvalue weighted by Crippen LogP contribution is -2.50. The monoisotopic (exact) mass is 269 g/mol. The zero-order valence-electron chi connectivity index (χ0n) is 13.8. The largest absolute Gasteiger partial charge is 0.393 e. The molecule has 0 aromatic carbocycles. The van der Waals surface area contributed by atoms with Gasteiger partial charge in [0.05, 0.1) is 6.10 Å². The van der Waals surface area contributed by atoms with Crippen LogP contribution in [0.5, 0.6) is 0 Å². The van der Waals surface area contributed by atoms with Gasteiger partial charge in [-0.05, 0) is 50.1 Å². The van der Waals surface area contributed by atoms with E-state index >= 15 is 0 Å². The molecule has 19 heavy (non-hydrogen) atoms. The number of rotatable bonds is 7. The molecule has 0 aliphatic heterocycles. The van der Waals surface area contributed by atoms with Crippen molar-refractivity contribution in [3.63, 3.8) is 0 Å². The van der Waals surface area contributed by atoms with Gasteiger partial charge in [0.2, 0.25) is 0 Å². The minimum absolute atomic E-state index is 0.0791. The fourth-order valence-electron chi connectivity index (χ4n) is 3.62. The Morgan fingerprint density at radius 1 is 1.16 bits per heavy atom. The van der Waals surface area contributed by atoms with E-state index in [-0.39, 0.29) is 6.10 Å². The van der Waals surface area contributed by atoms with E-state index in [1.165, 1.54) is 32.2 Å². The highest BCUT2D eigenvalue weighted by Gasteiger charge is 2.40. The molecule has 1 aliphatic carbocycles. The first-order chi connectivity index (χ1) is 8.96. The second-order valence-corrected chi connectivity index (χ2v) is 6.96. The number of aliphatic hydroxyl groups is 1. The summed E-state index contributed by atoms with van der Waals surface area (Å²) >= 11 is 0. The fourth-order valence-corrected chi connectivity index (χ4v) is 3.62. The topological polar surface area (TPSA) is 23.5 Å². The standard InChI is InChI=1S/C17H35NO/c1-6-9-12-18(8-3)16-13-14(19)10-11-15(16)17(4,5)7-2/h14-16,19H,6-13H2,1-5H3. The molecule has 114 valence electrons. The number of nitrogens with zero attached hydrogens (tertiary/aromatic N) is 1. The Morgan fingerprint density at radius 3 is 2.37 bits per heavy atom. The lowest BCUT2D eigenvalue weighted by Gasteiger charge is -2.48. The molecule has 0 spiro atoms. The highest BCUT2D eigenvalue weighted by molar-refractivity contribution is 4.93. The summed E-state index contributed by atoms with van der Waals surface area (Å²) in [6.45, 7) is 14.0. The molecule has 3 unspecified atom stereocenters. The van der Waals surface area contributed by atoms with Crippen LogP contribution in [-0.4, -0.2) is 35.2 Å². The second-order valence-electron chi connectivity index (χ2n) is 6.96. The minimum atomic E-state index is -0.0791. The van der Waals surface area contributed by atoms with E-state index in [9.17, 15) is 5.11 Å². The van der Waals surface area contributed by atoms with E-state index in [0.29, 0.717) is 11.5 Å². The third-order valence-electron chi connectivity index (χ3n) is 5.38. The van der Waals surface area contributed by atoms with Crippen LogP contribution in [0.15, 0.2) is 0 Å². The van der Waals surface area contributed by atoms with Crippen molar-refractivity contribution in [3.05, 3.63) is 0 Å². The summed E-state index contributed by atoms with van der Waals surface area (Å²) in [6, 6.07) is 0.579. The van der Waals surface area contributed by atoms with Crippen molar-refractivity contribution in [1.29, 1.82) is 0 Å². The highest BCUT2D eigenvalue weighted by Crippen LogP contribution is 2.42. The van der Waals surface area contributed by atoms with Gasteiger partial charge >= 0.3 is 0 Å². The van der Waals surface area contributed by atoms with Crippen molar-refractivity contribution in [2.24, 2.45) is 11.3 Å². The summed E-state index contributed by atoms with van der Waals surface area (Å²) in [7, 11) is 0. The van der Waals surface area contributed by atoms with Gasteiger partial charge in [-0.2, -0.15) is 0 Å². The molecule has 2 heteroatoms. The lowest BCUT2D eigenvalue weighted by molar-refractivity contribution is -0.0169. The van der Waals surface area contributed by atoms with E-state index in [1.54, 1.807) is 0 Å². The normalized spacial score (nSPS) is 28.9. The maximum absolute atomic E-state index is 10.1. The predicted molar refractivity (Wildman–Crippen MR) is 83.4 cm³/mol. The first-order valence-corrected chi connectivity index (χ1v) is 8.38. The quantitative estimate of drug-likeness (QED) is 0.753. The van der Waals surface area contributed by atoms with Crippen molar-refractivity contribution in [2.45, 2.75) is 85.3 Å². The van der Waals surface area contributed by atoms with Gasteiger partial charge in [0.25, 0.3) is 0 Å². The van der Waals surface area contributed by atoms with Crippen molar-refractivity contribution in [1.82, 2.24) is 4.90 Å². The maximum Gasteiger partial charge on any atom is 0.0555 e. The number of hydrogen-bond donors (Lipinski definition) is 1. The summed E-state index contributed by atoms with van der Waals surface area (Å²) < 4.78 is 0. The van der Waals surface area contributed by atoms with Gasteiger partial charge in [-0.15, -0.1) is 0 Å². The van der Waals surface area contributed by atoms with E-state index in [1.807, 2.05) is 0 Å². The summed E-state index contributed by atoms with van der Waals surface area (Å²) in [5.41, 5.74) is 0.393. The molecule has 1 rings (SSSR count). The van der Waals surface area contributed by atoms with Gasteiger partial charge in [0, 0.05) is 6.04 Å². The molecule has 0 radical (unpaired) electrons. The number of unbranched alkanes of at least 4 members (excludes halogenated alkanes) is 1. The molecule has 1 saturated carbocycles. The van der Waals surface area contributed by atoms with Crippen LogP contribution < -0.4 is 0 Å². The summed E-state index contributed by atoms with van der Waals surface area (Å²) in [5, 5.41) is 10.1. The van der Waals surface area contributed by atoms with Crippen LogP contribution in [0.3, 0.4) is 0 Å².